The van der Waals surface area contributed by atoms with Crippen LogP contribution in [0.1, 0.15) is 15.9 Å². The monoisotopic (exact) mass is 202 g/mol. The topological polar surface area (TPSA) is 76.0 Å². The average Bonchev–Trinajstić information content (AvgIpc) is 2.17. The Morgan fingerprint density at radius 1 is 1.33 bits per heavy atom. The largest absolute Gasteiger partial charge is 0.365 e. The lowest BCUT2D eigenvalue weighted by Crippen LogP contribution is -2.25. The quantitative estimate of drug-likeness (QED) is 0.721. The number of H-pyrrole nitrogens is 1. The third-order valence-electron chi connectivity index (χ3n) is 2.43. The van der Waals surface area contributed by atoms with Crippen molar-refractivity contribution in [2.45, 2.75) is 6.92 Å². The second kappa shape index (κ2) is 3.24. The van der Waals surface area contributed by atoms with E-state index in [1.165, 1.54) is 0 Å². The maximum Gasteiger partial charge on any atom is 0.261 e. The van der Waals surface area contributed by atoms with Crippen LogP contribution in [0.25, 0.3) is 10.9 Å². The normalized spacial score (nSPS) is 10.5. The zero-order valence-corrected chi connectivity index (χ0v) is 8.20. The molecule has 2 aromatic rings. The summed E-state index contributed by atoms with van der Waals surface area (Å²) in [5.74, 6) is -0.695. The predicted octanol–water partition coefficient (Wildman–Crippen LogP) is 0.935. The van der Waals surface area contributed by atoms with Crippen molar-refractivity contribution in [2.75, 3.05) is 0 Å². The number of nitrogens with one attached hydrogen (secondary N) is 1. The molecule has 0 spiro atoms. The second-order valence-electron chi connectivity index (χ2n) is 3.36. The van der Waals surface area contributed by atoms with Gasteiger partial charge < -0.3 is 10.7 Å². The van der Waals surface area contributed by atoms with E-state index in [1.807, 2.05) is 18.2 Å². The van der Waals surface area contributed by atoms with Gasteiger partial charge in [0.2, 0.25) is 0 Å². The Bertz CT molecular complexity index is 599. The second-order valence-corrected chi connectivity index (χ2v) is 3.36. The number of rotatable bonds is 1. The molecule has 0 aliphatic rings. The van der Waals surface area contributed by atoms with Crippen molar-refractivity contribution in [1.29, 1.82) is 0 Å². The van der Waals surface area contributed by atoms with Gasteiger partial charge in [-0.25, -0.2) is 0 Å². The Labute approximate surface area is 85.7 Å². The molecule has 0 fully saturated rings. The number of aromatic nitrogens is 1. The van der Waals surface area contributed by atoms with E-state index in [1.54, 1.807) is 13.0 Å². The van der Waals surface area contributed by atoms with Gasteiger partial charge in [0, 0.05) is 10.9 Å². The molecule has 0 saturated heterocycles. The van der Waals surface area contributed by atoms with Crippen molar-refractivity contribution in [3.63, 3.8) is 0 Å². The van der Waals surface area contributed by atoms with E-state index in [0.29, 0.717) is 11.1 Å². The van der Waals surface area contributed by atoms with Gasteiger partial charge in [-0.2, -0.15) is 0 Å². The van der Waals surface area contributed by atoms with Crippen LogP contribution in [0.2, 0.25) is 0 Å². The number of nitrogens with two attached hydrogens (primary N) is 1. The highest BCUT2D eigenvalue weighted by Crippen LogP contribution is 2.16. The van der Waals surface area contributed by atoms with Crippen LogP contribution >= 0.6 is 0 Å². The number of fused-ring (bicyclic) bond motifs is 1. The number of benzene rings is 1. The summed E-state index contributed by atoms with van der Waals surface area (Å²) in [4.78, 5) is 25.3. The molecule has 1 heterocycles. The Kier molecular flexibility index (Phi) is 2.04. The summed E-state index contributed by atoms with van der Waals surface area (Å²) < 4.78 is 0. The number of primary amides is 1. The molecule has 4 heteroatoms. The first-order valence-electron chi connectivity index (χ1n) is 4.52. The fourth-order valence-electron chi connectivity index (χ4n) is 1.71. The average molecular weight is 202 g/mol. The molecule has 0 aliphatic heterocycles. The van der Waals surface area contributed by atoms with Crippen LogP contribution in [0.4, 0.5) is 0 Å². The lowest BCUT2D eigenvalue weighted by Gasteiger charge is -2.05. The van der Waals surface area contributed by atoms with Gasteiger partial charge in [0.15, 0.2) is 0 Å². The van der Waals surface area contributed by atoms with Crippen molar-refractivity contribution in [3.8, 4) is 0 Å². The van der Waals surface area contributed by atoms with Gasteiger partial charge in [-0.1, -0.05) is 18.2 Å². The molecule has 0 radical (unpaired) electrons. The van der Waals surface area contributed by atoms with E-state index in [0.717, 1.165) is 5.39 Å². The molecule has 0 saturated carbocycles. The standard InChI is InChI=1S/C11H10N2O2/c1-6-7-4-2-3-5-8(7)13-11(15)9(6)10(12)14/h2-5H,1H3,(H2,12,14)(H,13,15). The number of hydrogen-bond acceptors (Lipinski definition) is 2. The molecule has 0 aliphatic carbocycles. The zero-order chi connectivity index (χ0) is 11.0. The minimum absolute atomic E-state index is 0.0358. The summed E-state index contributed by atoms with van der Waals surface area (Å²) in [5, 5.41) is 0.839. The summed E-state index contributed by atoms with van der Waals surface area (Å²) in [6.07, 6.45) is 0. The van der Waals surface area contributed by atoms with Crippen LogP contribution in [-0.4, -0.2) is 10.9 Å². The smallest absolute Gasteiger partial charge is 0.261 e. The van der Waals surface area contributed by atoms with Gasteiger partial charge >= 0.3 is 0 Å². The molecule has 3 N–H and O–H groups in total. The minimum atomic E-state index is -0.695. The van der Waals surface area contributed by atoms with E-state index >= 15 is 0 Å². The van der Waals surface area contributed by atoms with Crippen molar-refractivity contribution < 1.29 is 4.79 Å². The molecule has 76 valence electrons. The third-order valence-corrected chi connectivity index (χ3v) is 2.43. The van der Waals surface area contributed by atoms with Gasteiger partial charge in [-0.05, 0) is 18.6 Å². The van der Waals surface area contributed by atoms with Crippen LogP contribution in [0.5, 0.6) is 0 Å². The molecular weight excluding hydrogens is 192 g/mol. The van der Waals surface area contributed by atoms with Crippen molar-refractivity contribution in [3.05, 3.63) is 45.7 Å². The van der Waals surface area contributed by atoms with Gasteiger partial charge in [0.1, 0.15) is 5.56 Å². The van der Waals surface area contributed by atoms with Crippen molar-refractivity contribution in [1.82, 2.24) is 4.98 Å². The maximum atomic E-state index is 11.5. The molecule has 1 aromatic heterocycles. The lowest BCUT2D eigenvalue weighted by atomic mass is 10.0. The van der Waals surface area contributed by atoms with E-state index in [9.17, 15) is 9.59 Å². The summed E-state index contributed by atoms with van der Waals surface area (Å²) in [6.45, 7) is 1.72. The fraction of sp³-hybridized carbons (Fsp3) is 0.0909. The molecule has 1 aromatic carbocycles. The van der Waals surface area contributed by atoms with Gasteiger partial charge in [0.25, 0.3) is 11.5 Å². The Hall–Kier alpha value is -2.10. The number of aryl methyl sites for hydroxylation is 1. The number of hydrogen-bond donors (Lipinski definition) is 2. The molecule has 0 atom stereocenters. The lowest BCUT2D eigenvalue weighted by molar-refractivity contribution is 0.0998. The number of amides is 1. The van der Waals surface area contributed by atoms with E-state index in [4.69, 9.17) is 5.73 Å². The summed E-state index contributed by atoms with van der Waals surface area (Å²) in [7, 11) is 0. The third kappa shape index (κ3) is 1.40. The summed E-state index contributed by atoms with van der Waals surface area (Å²) >= 11 is 0. The van der Waals surface area contributed by atoms with Gasteiger partial charge in [-0.15, -0.1) is 0 Å². The molecular formula is C11H10N2O2. The van der Waals surface area contributed by atoms with E-state index in [-0.39, 0.29) is 5.56 Å². The number of carbonyl (C=O) groups excluding carboxylic acids is 1. The first-order valence-corrected chi connectivity index (χ1v) is 4.52. The van der Waals surface area contributed by atoms with Crippen LogP contribution < -0.4 is 11.3 Å². The molecule has 0 bridgehead atoms. The van der Waals surface area contributed by atoms with E-state index in [2.05, 4.69) is 4.98 Å². The van der Waals surface area contributed by atoms with Crippen LogP contribution in [0.3, 0.4) is 0 Å². The maximum absolute atomic E-state index is 11.5. The number of aromatic amines is 1. The highest BCUT2D eigenvalue weighted by molar-refractivity contribution is 5.98. The summed E-state index contributed by atoms with van der Waals surface area (Å²) in [5.41, 5.74) is 6.09. The number of para-hydroxylation sites is 1. The molecule has 1 amide bonds. The molecule has 4 nitrogen and oxygen atoms in total. The zero-order valence-electron chi connectivity index (χ0n) is 8.20. The summed E-state index contributed by atoms with van der Waals surface area (Å²) in [6, 6.07) is 7.29. The molecule has 2 rings (SSSR count). The predicted molar refractivity (Wildman–Crippen MR) is 57.8 cm³/mol. The van der Waals surface area contributed by atoms with E-state index < -0.39 is 11.5 Å². The highest BCUT2D eigenvalue weighted by atomic mass is 16.2. The van der Waals surface area contributed by atoms with Crippen molar-refractivity contribution >= 4 is 16.8 Å². The number of pyridine rings is 1. The SMILES string of the molecule is Cc1c(C(N)=O)c(=O)[nH]c2ccccc12. The first kappa shape index (κ1) is 9.45. The fourth-order valence-corrected chi connectivity index (χ4v) is 1.71. The molecule has 15 heavy (non-hydrogen) atoms. The Morgan fingerprint density at radius 2 is 2.00 bits per heavy atom. The Morgan fingerprint density at radius 3 is 2.67 bits per heavy atom. The van der Waals surface area contributed by atoms with Crippen molar-refractivity contribution in [2.24, 2.45) is 5.73 Å². The first-order chi connectivity index (χ1) is 7.11. The van der Waals surface area contributed by atoms with Crippen LogP contribution in [-0.2, 0) is 0 Å². The highest BCUT2D eigenvalue weighted by Gasteiger charge is 2.12. The van der Waals surface area contributed by atoms with Gasteiger partial charge in [-0.3, -0.25) is 9.59 Å². The number of carbonyl (C=O) groups is 1. The van der Waals surface area contributed by atoms with Crippen LogP contribution in [0, 0.1) is 6.92 Å². The Balaban J connectivity index is 2.97. The minimum Gasteiger partial charge on any atom is -0.365 e. The van der Waals surface area contributed by atoms with Crippen LogP contribution in [0.15, 0.2) is 29.1 Å². The van der Waals surface area contributed by atoms with Gasteiger partial charge in [0.05, 0.1) is 0 Å². The molecule has 0 unspecified atom stereocenters.